The van der Waals surface area contributed by atoms with Crippen LogP contribution >= 0.6 is 23.4 Å². The molecular formula is C33H43ClN4O3S. The van der Waals surface area contributed by atoms with Crippen molar-refractivity contribution in [3.05, 3.63) is 47.6 Å². The number of carbonyl (C=O) groups is 1. The first-order valence-electron chi connectivity index (χ1n) is 15.1. The minimum atomic E-state index is -0.765. The van der Waals surface area contributed by atoms with E-state index in [0.29, 0.717) is 17.4 Å². The molecule has 0 unspecified atom stereocenters. The molecule has 0 bridgehead atoms. The second-order valence-electron chi connectivity index (χ2n) is 12.1. The van der Waals surface area contributed by atoms with Gasteiger partial charge < -0.3 is 24.9 Å². The number of anilines is 2. The van der Waals surface area contributed by atoms with E-state index in [1.54, 1.807) is 23.9 Å². The van der Waals surface area contributed by atoms with Crippen molar-refractivity contribution in [2.75, 3.05) is 55.5 Å². The van der Waals surface area contributed by atoms with Crippen LogP contribution in [-0.4, -0.2) is 83.9 Å². The summed E-state index contributed by atoms with van der Waals surface area (Å²) in [6, 6.07) is 11.1. The van der Waals surface area contributed by atoms with Gasteiger partial charge in [-0.1, -0.05) is 36.6 Å². The lowest BCUT2D eigenvalue weighted by Gasteiger charge is -2.41. The van der Waals surface area contributed by atoms with Crippen molar-refractivity contribution in [2.24, 2.45) is 5.92 Å². The number of halogens is 1. The van der Waals surface area contributed by atoms with E-state index in [1.807, 2.05) is 30.7 Å². The summed E-state index contributed by atoms with van der Waals surface area (Å²) in [5.41, 5.74) is 4.82. The molecule has 2 fully saturated rings. The highest BCUT2D eigenvalue weighted by Gasteiger charge is 2.36. The molecule has 1 aliphatic heterocycles. The summed E-state index contributed by atoms with van der Waals surface area (Å²) in [5, 5.41) is 21.9. The van der Waals surface area contributed by atoms with Gasteiger partial charge in [0.2, 0.25) is 0 Å². The van der Waals surface area contributed by atoms with Crippen LogP contribution in [0.4, 0.5) is 11.4 Å². The van der Waals surface area contributed by atoms with Gasteiger partial charge in [-0.05, 0) is 99.5 Å². The lowest BCUT2D eigenvalue weighted by Crippen LogP contribution is -2.48. The molecule has 1 saturated carbocycles. The molecule has 5 rings (SSSR count). The number of hydrogen-bond acceptors (Lipinski definition) is 7. The van der Waals surface area contributed by atoms with Gasteiger partial charge in [-0.25, -0.2) is 4.79 Å². The first-order chi connectivity index (χ1) is 20.3. The fourth-order valence-corrected chi connectivity index (χ4v) is 7.46. The van der Waals surface area contributed by atoms with Crippen LogP contribution in [0, 0.1) is 5.92 Å². The Morgan fingerprint density at radius 1 is 1.10 bits per heavy atom. The van der Waals surface area contributed by atoms with Crippen molar-refractivity contribution < 1.29 is 15.0 Å². The van der Waals surface area contributed by atoms with Crippen LogP contribution < -0.4 is 9.80 Å². The highest BCUT2D eigenvalue weighted by atomic mass is 35.5. The van der Waals surface area contributed by atoms with Crippen LogP contribution in [-0.2, 0) is 4.79 Å². The number of benzene rings is 2. The summed E-state index contributed by atoms with van der Waals surface area (Å²) in [6.07, 6.45) is 11.0. The van der Waals surface area contributed by atoms with Crippen molar-refractivity contribution >= 4 is 51.6 Å². The Hall–Kier alpha value is -2.68. The van der Waals surface area contributed by atoms with E-state index in [1.165, 1.54) is 0 Å². The molecule has 1 atom stereocenters. The Bertz CT molecular complexity index is 1390. The second kappa shape index (κ2) is 13.7. The molecule has 0 amide bonds. The fourth-order valence-electron chi connectivity index (χ4n) is 6.82. The third kappa shape index (κ3) is 6.76. The first-order valence-corrected chi connectivity index (χ1v) is 16.9. The maximum Gasteiger partial charge on any atom is 0.326 e. The Balaban J connectivity index is 1.67. The molecule has 1 aromatic heterocycles. The SMILES string of the molecule is CSCC[C@@H](C(=O)O)N(c1cnc2ccc(-c3ccc(O)c(Cl)c3)cc2c1N1CCC(CN(C)C)CC1)C1CCCC1. The van der Waals surface area contributed by atoms with Gasteiger partial charge in [-0.15, -0.1) is 0 Å². The molecule has 2 heterocycles. The number of aliphatic carboxylic acids is 1. The van der Waals surface area contributed by atoms with Gasteiger partial charge in [-0.3, -0.25) is 4.98 Å². The summed E-state index contributed by atoms with van der Waals surface area (Å²) in [6.45, 7) is 2.91. The Morgan fingerprint density at radius 2 is 1.79 bits per heavy atom. The number of aromatic hydroxyl groups is 1. The number of phenols is 1. The van der Waals surface area contributed by atoms with E-state index < -0.39 is 12.0 Å². The van der Waals surface area contributed by atoms with E-state index in [-0.39, 0.29) is 11.8 Å². The molecular weight excluding hydrogens is 568 g/mol. The summed E-state index contributed by atoms with van der Waals surface area (Å²) in [4.78, 5) is 24.8. The summed E-state index contributed by atoms with van der Waals surface area (Å²) in [5.74, 6) is 0.725. The highest BCUT2D eigenvalue weighted by molar-refractivity contribution is 7.98. The molecule has 7 nitrogen and oxygen atoms in total. The van der Waals surface area contributed by atoms with Crippen molar-refractivity contribution in [1.82, 2.24) is 9.88 Å². The number of rotatable bonds is 11. The number of hydrogen-bond donors (Lipinski definition) is 2. The number of thioether (sulfide) groups is 1. The lowest BCUT2D eigenvalue weighted by atomic mass is 9.94. The molecule has 9 heteroatoms. The zero-order valence-electron chi connectivity index (χ0n) is 24.9. The molecule has 226 valence electrons. The number of pyridine rings is 1. The van der Waals surface area contributed by atoms with E-state index >= 15 is 0 Å². The van der Waals surface area contributed by atoms with Gasteiger partial charge >= 0.3 is 5.97 Å². The first kappa shape index (κ1) is 30.8. The average molecular weight is 611 g/mol. The van der Waals surface area contributed by atoms with Crippen LogP contribution in [0.5, 0.6) is 5.75 Å². The van der Waals surface area contributed by atoms with E-state index in [4.69, 9.17) is 16.6 Å². The highest BCUT2D eigenvalue weighted by Crippen LogP contribution is 2.43. The van der Waals surface area contributed by atoms with Gasteiger partial charge in [0.05, 0.1) is 28.1 Å². The number of phenolic OH excluding ortho intramolecular Hbond substituents is 1. The maximum absolute atomic E-state index is 12.8. The topological polar surface area (TPSA) is 80.1 Å². The number of carboxylic acid groups (broad SMARTS) is 1. The number of nitrogens with zero attached hydrogens (tertiary/aromatic N) is 4. The lowest BCUT2D eigenvalue weighted by molar-refractivity contribution is -0.138. The fraction of sp³-hybridized carbons (Fsp3) is 0.515. The Morgan fingerprint density at radius 3 is 2.43 bits per heavy atom. The van der Waals surface area contributed by atoms with E-state index in [9.17, 15) is 15.0 Å². The molecule has 2 aromatic carbocycles. The summed E-state index contributed by atoms with van der Waals surface area (Å²) >= 11 is 7.99. The van der Waals surface area contributed by atoms with Crippen molar-refractivity contribution in [2.45, 2.75) is 57.0 Å². The Kier molecular flexibility index (Phi) is 10.1. The maximum atomic E-state index is 12.8. The van der Waals surface area contributed by atoms with Crippen LogP contribution in [0.1, 0.15) is 44.9 Å². The number of carboxylic acids is 1. The molecule has 42 heavy (non-hydrogen) atoms. The van der Waals surface area contributed by atoms with Gasteiger partial charge in [0, 0.05) is 31.1 Å². The number of aromatic nitrogens is 1. The van der Waals surface area contributed by atoms with Crippen LogP contribution in [0.2, 0.25) is 5.02 Å². The largest absolute Gasteiger partial charge is 0.506 e. The molecule has 1 aliphatic carbocycles. The zero-order valence-corrected chi connectivity index (χ0v) is 26.5. The summed E-state index contributed by atoms with van der Waals surface area (Å²) < 4.78 is 0. The van der Waals surface area contributed by atoms with Crippen LogP contribution in [0.15, 0.2) is 42.6 Å². The molecule has 0 spiro atoms. The van der Waals surface area contributed by atoms with Gasteiger partial charge in [0.15, 0.2) is 0 Å². The molecule has 3 aromatic rings. The quantitative estimate of drug-likeness (QED) is 0.240. The second-order valence-corrected chi connectivity index (χ2v) is 13.5. The normalized spacial score (nSPS) is 17.3. The minimum absolute atomic E-state index is 0.0589. The van der Waals surface area contributed by atoms with Gasteiger partial charge in [0.25, 0.3) is 0 Å². The number of piperidine rings is 1. The third-order valence-electron chi connectivity index (χ3n) is 8.87. The minimum Gasteiger partial charge on any atom is -0.506 e. The van der Waals surface area contributed by atoms with Crippen molar-refractivity contribution in [3.63, 3.8) is 0 Å². The molecule has 2 N–H and O–H groups in total. The Labute approximate surface area is 258 Å². The molecule has 1 saturated heterocycles. The van der Waals surface area contributed by atoms with Crippen molar-refractivity contribution in [3.8, 4) is 16.9 Å². The zero-order chi connectivity index (χ0) is 29.8. The molecule has 2 aliphatic rings. The molecule has 0 radical (unpaired) electrons. The van der Waals surface area contributed by atoms with Crippen LogP contribution in [0.25, 0.3) is 22.0 Å². The smallest absolute Gasteiger partial charge is 0.326 e. The third-order valence-corrected chi connectivity index (χ3v) is 9.81. The monoisotopic (exact) mass is 610 g/mol. The number of fused-ring (bicyclic) bond motifs is 1. The summed E-state index contributed by atoms with van der Waals surface area (Å²) in [7, 11) is 4.27. The van der Waals surface area contributed by atoms with Crippen molar-refractivity contribution in [1.29, 1.82) is 0 Å². The average Bonchev–Trinajstić information content (AvgIpc) is 3.50. The van der Waals surface area contributed by atoms with E-state index in [2.05, 4.69) is 34.9 Å². The van der Waals surface area contributed by atoms with E-state index in [0.717, 1.165) is 97.3 Å². The predicted molar refractivity (Wildman–Crippen MR) is 177 cm³/mol. The predicted octanol–water partition coefficient (Wildman–Crippen LogP) is 6.99. The van der Waals surface area contributed by atoms with Gasteiger partial charge in [0.1, 0.15) is 11.8 Å². The standard InChI is InChI=1S/C33H43ClN4O3S/c1-36(2)21-22-12-15-37(16-13-22)32-26-18-23(24-9-11-31(39)27(34)19-24)8-10-28(26)35-20-30(32)38(25-6-4-5-7-25)29(33(40)41)14-17-42-3/h8-11,18-20,22,25,29,39H,4-7,12-17,21H2,1-3H3,(H,40,41)/t29-/m0/s1. The van der Waals surface area contributed by atoms with Crippen LogP contribution in [0.3, 0.4) is 0 Å². The van der Waals surface area contributed by atoms with Gasteiger partial charge in [-0.2, -0.15) is 11.8 Å².